The molecule has 3 aliphatic rings. The molecule has 8 aromatic rings. The predicted octanol–water partition coefficient (Wildman–Crippen LogP) is 16.4. The van der Waals surface area contributed by atoms with Crippen molar-refractivity contribution in [3.05, 3.63) is 186 Å². The maximum absolute atomic E-state index is 6.84. The smallest absolute Gasteiger partial charge is 0.252 e. The normalized spacial score (nSPS) is 14.3. The second-order valence-electron chi connectivity index (χ2n) is 25.0. The Morgan fingerprint density at radius 3 is 1.33 bits per heavy atom. The quantitative estimate of drug-likeness (QED) is 0.161. The van der Waals surface area contributed by atoms with Crippen LogP contribution in [0, 0.1) is 6.92 Å². The van der Waals surface area contributed by atoms with Crippen LogP contribution in [0.15, 0.2) is 158 Å². The third-order valence-corrected chi connectivity index (χ3v) is 15.5. The van der Waals surface area contributed by atoms with Crippen molar-refractivity contribution in [1.82, 2.24) is 0 Å². The van der Waals surface area contributed by atoms with E-state index in [1.165, 1.54) is 89.0 Å². The molecule has 0 fully saturated rings. The molecule has 73 heavy (non-hydrogen) atoms. The van der Waals surface area contributed by atoms with Crippen LogP contribution in [0.1, 0.15) is 117 Å². The molecule has 0 radical (unpaired) electrons. The zero-order valence-electron chi connectivity index (χ0n) is 45.4. The summed E-state index contributed by atoms with van der Waals surface area (Å²) in [7, 11) is 0. The Labute approximate surface area is 436 Å². The Morgan fingerprint density at radius 2 is 0.822 bits per heavy atom. The van der Waals surface area contributed by atoms with Crippen LogP contribution in [0.4, 0.5) is 34.1 Å². The number of hydrogen-bond acceptors (Lipinski definition) is 4. The monoisotopic (exact) mass is 959 g/mol. The number of hydrogen-bond donors (Lipinski definition) is 0. The molecular formula is C68H71BN2O2. The highest BCUT2D eigenvalue weighted by Crippen LogP contribution is 2.51. The summed E-state index contributed by atoms with van der Waals surface area (Å²) in [6.07, 6.45) is 0.826. The highest BCUT2D eigenvalue weighted by atomic mass is 16.5. The maximum atomic E-state index is 6.84. The van der Waals surface area contributed by atoms with Gasteiger partial charge in [0.25, 0.3) is 6.71 Å². The Morgan fingerprint density at radius 1 is 0.384 bits per heavy atom. The molecule has 5 heteroatoms. The first-order valence-electron chi connectivity index (χ1n) is 26.5. The maximum Gasteiger partial charge on any atom is 0.252 e. The van der Waals surface area contributed by atoms with Gasteiger partial charge < -0.3 is 19.3 Å². The van der Waals surface area contributed by atoms with E-state index in [2.05, 4.69) is 258 Å². The molecule has 0 amide bonds. The highest BCUT2D eigenvalue weighted by Gasteiger charge is 2.45. The average Bonchev–Trinajstić information content (AvgIpc) is 3.62. The molecule has 368 valence electrons. The molecule has 4 nitrogen and oxygen atoms in total. The van der Waals surface area contributed by atoms with Crippen LogP contribution in [0.25, 0.3) is 33.4 Å². The van der Waals surface area contributed by atoms with Crippen LogP contribution < -0.4 is 35.7 Å². The second kappa shape index (κ2) is 17.6. The summed E-state index contributed by atoms with van der Waals surface area (Å²) in [5, 5.41) is 0. The molecule has 0 N–H and O–H groups in total. The fourth-order valence-corrected chi connectivity index (χ4v) is 11.2. The van der Waals surface area contributed by atoms with Crippen LogP contribution in [0.3, 0.4) is 0 Å². The van der Waals surface area contributed by atoms with E-state index in [4.69, 9.17) is 9.47 Å². The zero-order chi connectivity index (χ0) is 51.4. The molecule has 0 spiro atoms. The number of fused-ring (bicyclic) bond motifs is 6. The van der Waals surface area contributed by atoms with Gasteiger partial charge >= 0.3 is 0 Å². The van der Waals surface area contributed by atoms with Crippen molar-refractivity contribution in [1.29, 1.82) is 0 Å². The van der Waals surface area contributed by atoms with Gasteiger partial charge in [-0.1, -0.05) is 186 Å². The fourth-order valence-electron chi connectivity index (χ4n) is 11.2. The molecular weight excluding hydrogens is 888 g/mol. The van der Waals surface area contributed by atoms with E-state index in [-0.39, 0.29) is 28.4 Å². The predicted molar refractivity (Wildman–Crippen MR) is 312 cm³/mol. The van der Waals surface area contributed by atoms with E-state index < -0.39 is 0 Å². The van der Waals surface area contributed by atoms with Crippen molar-refractivity contribution in [2.24, 2.45) is 0 Å². The van der Waals surface area contributed by atoms with Gasteiger partial charge in [-0.25, -0.2) is 0 Å². The summed E-state index contributed by atoms with van der Waals surface area (Å²) in [6, 6.07) is 60.6. The van der Waals surface area contributed by atoms with E-state index in [0.29, 0.717) is 13.2 Å². The van der Waals surface area contributed by atoms with Crippen LogP contribution in [-0.2, 0) is 21.7 Å². The van der Waals surface area contributed by atoms with E-state index in [9.17, 15) is 0 Å². The summed E-state index contributed by atoms with van der Waals surface area (Å²) < 4.78 is 13.3. The van der Waals surface area contributed by atoms with Crippen LogP contribution in [-0.4, -0.2) is 19.9 Å². The number of ether oxygens (including phenoxy) is 2. The van der Waals surface area contributed by atoms with Gasteiger partial charge in [0.15, 0.2) is 11.5 Å². The first kappa shape index (κ1) is 48.3. The molecule has 0 aromatic heterocycles. The third kappa shape index (κ3) is 8.83. The van der Waals surface area contributed by atoms with Crippen molar-refractivity contribution >= 4 is 57.2 Å². The Bertz CT molecular complexity index is 3320. The average molecular weight is 959 g/mol. The molecule has 0 atom stereocenters. The molecule has 0 saturated heterocycles. The summed E-state index contributed by atoms with van der Waals surface area (Å²) in [6.45, 7) is 30.8. The van der Waals surface area contributed by atoms with Gasteiger partial charge in [-0.3, -0.25) is 0 Å². The molecule has 0 bridgehead atoms. The molecule has 3 heterocycles. The van der Waals surface area contributed by atoms with E-state index in [1.807, 2.05) is 0 Å². The van der Waals surface area contributed by atoms with Gasteiger partial charge in [-0.05, 0) is 161 Å². The van der Waals surface area contributed by atoms with Crippen LogP contribution >= 0.6 is 0 Å². The van der Waals surface area contributed by atoms with Gasteiger partial charge in [-0.2, -0.15) is 0 Å². The van der Waals surface area contributed by atoms with Crippen LogP contribution in [0.5, 0.6) is 11.5 Å². The largest absolute Gasteiger partial charge is 0.489 e. The molecule has 0 aliphatic carbocycles. The van der Waals surface area contributed by atoms with E-state index in [1.54, 1.807) is 0 Å². The SMILES string of the molecule is Cc1cc2c3c(c1)N(c1ccc(C(C)(C)C)cc1)c1c(ccc4c1OCCCO4)B3c1ccc(-c3ccc(C(C)(C)C)cc3)cc1N2c1cc(-c2ccc(C(C)(C)C)cc2)cc(-c2ccc(C(C)(C)C)cc2)c1. The summed E-state index contributed by atoms with van der Waals surface area (Å²) in [5.74, 6) is 1.61. The highest BCUT2D eigenvalue weighted by molar-refractivity contribution is 7.00. The van der Waals surface area contributed by atoms with Crippen molar-refractivity contribution in [2.75, 3.05) is 23.0 Å². The number of rotatable bonds is 5. The lowest BCUT2D eigenvalue weighted by molar-refractivity contribution is 0.297. The lowest BCUT2D eigenvalue weighted by Gasteiger charge is -2.45. The first-order valence-corrected chi connectivity index (χ1v) is 26.5. The second-order valence-corrected chi connectivity index (χ2v) is 25.0. The lowest BCUT2D eigenvalue weighted by Crippen LogP contribution is -2.61. The molecule has 11 rings (SSSR count). The van der Waals surface area contributed by atoms with Crippen molar-refractivity contribution in [3.8, 4) is 44.9 Å². The Balaban J connectivity index is 1.20. The van der Waals surface area contributed by atoms with Crippen LogP contribution in [0.2, 0.25) is 0 Å². The Hall–Kier alpha value is -6.98. The Kier molecular flexibility index (Phi) is 11.7. The summed E-state index contributed by atoms with van der Waals surface area (Å²) in [4.78, 5) is 5.06. The van der Waals surface area contributed by atoms with Gasteiger partial charge in [0, 0.05) is 34.9 Å². The van der Waals surface area contributed by atoms with Gasteiger partial charge in [0.1, 0.15) is 0 Å². The van der Waals surface area contributed by atoms with Crippen molar-refractivity contribution in [2.45, 2.75) is 118 Å². The molecule has 8 aromatic carbocycles. The van der Waals surface area contributed by atoms with Gasteiger partial charge in [-0.15, -0.1) is 0 Å². The minimum absolute atomic E-state index is 0.00824. The zero-order valence-corrected chi connectivity index (χ0v) is 45.4. The minimum Gasteiger partial charge on any atom is -0.489 e. The standard InChI is InChI=1S/C68H71BN2O2/c1-43-37-59-62-60(38-43)71(54-30-28-53(29-31-54)68(11,12)13)63-57(33-34-61-64(63)73-36-14-35-72-61)69(62)56-32-21-47(44-15-22-50(23-16-44)65(2,3)4)42-58(56)70(59)55-40-48(45-17-24-51(25-18-45)66(5,6)7)39-49(41-55)46-19-26-52(27-20-46)67(8,9)10/h15-34,37-42H,14,35-36H2,1-13H3. The summed E-state index contributed by atoms with van der Waals surface area (Å²) in [5.41, 5.74) is 24.2. The van der Waals surface area contributed by atoms with Crippen molar-refractivity contribution in [3.63, 3.8) is 0 Å². The first-order chi connectivity index (χ1) is 34.6. The number of nitrogens with zero attached hydrogens (tertiary/aromatic N) is 2. The third-order valence-electron chi connectivity index (χ3n) is 15.5. The molecule has 0 saturated carbocycles. The topological polar surface area (TPSA) is 24.9 Å². The fraction of sp³-hybridized carbons (Fsp3) is 0.294. The number of aryl methyl sites for hydroxylation is 1. The number of anilines is 6. The van der Waals surface area contributed by atoms with Gasteiger partial charge in [0.05, 0.1) is 18.9 Å². The van der Waals surface area contributed by atoms with Gasteiger partial charge in [0.2, 0.25) is 0 Å². The van der Waals surface area contributed by atoms with Crippen molar-refractivity contribution < 1.29 is 9.47 Å². The minimum atomic E-state index is -0.0936. The molecule has 0 unspecified atom stereocenters. The molecule has 3 aliphatic heterocycles. The van der Waals surface area contributed by atoms with E-state index >= 15 is 0 Å². The summed E-state index contributed by atoms with van der Waals surface area (Å²) >= 11 is 0. The van der Waals surface area contributed by atoms with E-state index in [0.717, 1.165) is 40.7 Å². The lowest BCUT2D eigenvalue weighted by atomic mass is 9.33. The number of benzene rings is 8.